The van der Waals surface area contributed by atoms with Crippen LogP contribution in [0.2, 0.25) is 0 Å². The van der Waals surface area contributed by atoms with E-state index in [0.29, 0.717) is 4.68 Å². The number of aromatic nitrogens is 7. The van der Waals surface area contributed by atoms with Crippen molar-refractivity contribution in [1.82, 2.24) is 34.1 Å². The molecule has 0 saturated heterocycles. The normalized spacial score (nSPS) is 12.3. The molecule has 0 fully saturated rings. The molecule has 4 heterocycles. The van der Waals surface area contributed by atoms with E-state index in [9.17, 15) is 22.1 Å². The molecule has 17 heteroatoms. The van der Waals surface area contributed by atoms with Gasteiger partial charge in [-0.05, 0) is 18.6 Å². The number of fused-ring (bicyclic) bond motifs is 1. The highest BCUT2D eigenvalue weighted by atomic mass is 35.5. The number of imidazole rings is 2. The fraction of sp³-hybridized carbons (Fsp3) is 0.200. The summed E-state index contributed by atoms with van der Waals surface area (Å²) in [4.78, 5) is 32.0. The van der Waals surface area contributed by atoms with Gasteiger partial charge in [0.05, 0.1) is 18.2 Å². The number of phosphoric acid groups is 1. The highest BCUT2D eigenvalue weighted by molar-refractivity contribution is 7.46. The number of nitrogens with zero attached hydrogens (tertiary/aromatic N) is 6. The van der Waals surface area contributed by atoms with E-state index < -0.39 is 38.2 Å². The van der Waals surface area contributed by atoms with Crippen molar-refractivity contribution in [2.24, 2.45) is 0 Å². The second-order valence-corrected chi connectivity index (χ2v) is 7.53. The number of nitrogens with one attached hydrogen (secondary N) is 1. The fourth-order valence-corrected chi connectivity index (χ4v) is 3.08. The Morgan fingerprint density at radius 3 is 2.59 bits per heavy atom. The Hall–Kier alpha value is -2.84. The summed E-state index contributed by atoms with van der Waals surface area (Å²) in [6.07, 6.45) is -0.886. The molecule has 0 amide bonds. The summed E-state index contributed by atoms with van der Waals surface area (Å²) in [7, 11) is -5.05. The van der Waals surface area contributed by atoms with E-state index in [1.807, 2.05) is 0 Å². The maximum absolute atomic E-state index is 14.7. The van der Waals surface area contributed by atoms with Crippen molar-refractivity contribution >= 4 is 25.9 Å². The number of alkyl halides is 3. The first kappa shape index (κ1) is 23.8. The van der Waals surface area contributed by atoms with Gasteiger partial charge in [0.25, 0.3) is 5.82 Å². The molecule has 4 aromatic rings. The lowest BCUT2D eigenvalue weighted by molar-refractivity contribution is -0.145. The quantitative estimate of drug-likeness (QED) is 0.282. The number of aromatic amines is 1. The predicted molar refractivity (Wildman–Crippen MR) is 102 cm³/mol. The lowest BCUT2D eigenvalue weighted by Crippen LogP contribution is -2.10. The lowest BCUT2D eigenvalue weighted by atomic mass is 10.2. The van der Waals surface area contributed by atoms with Crippen molar-refractivity contribution < 1.29 is 36.4 Å². The largest absolute Gasteiger partial charge is 0.471 e. The summed E-state index contributed by atoms with van der Waals surface area (Å²) in [5, 5.41) is 3.24. The van der Waals surface area contributed by atoms with Gasteiger partial charge < -0.3 is 14.8 Å². The summed E-state index contributed by atoms with van der Waals surface area (Å²) in [5.74, 6) is -2.87. The summed E-state index contributed by atoms with van der Waals surface area (Å²) >= 11 is 0. The predicted octanol–water partition coefficient (Wildman–Crippen LogP) is 2.94. The number of aryl methyl sites for hydroxylation is 1. The second kappa shape index (κ2) is 8.26. The van der Waals surface area contributed by atoms with Crippen LogP contribution in [-0.4, -0.2) is 43.9 Å². The molecule has 0 atom stereocenters. The summed E-state index contributed by atoms with van der Waals surface area (Å²) < 4.78 is 71.5. The van der Waals surface area contributed by atoms with Gasteiger partial charge in [0.1, 0.15) is 11.4 Å². The average Bonchev–Trinajstić information content (AvgIpc) is 3.39. The van der Waals surface area contributed by atoms with E-state index >= 15 is 0 Å². The first-order chi connectivity index (χ1) is 14.5. The molecular weight excluding hydrogens is 485 g/mol. The zero-order valence-electron chi connectivity index (χ0n) is 15.8. The number of halogens is 5. The van der Waals surface area contributed by atoms with Crippen LogP contribution >= 0.6 is 20.2 Å². The van der Waals surface area contributed by atoms with Crippen LogP contribution in [-0.2, 0) is 22.0 Å². The molecule has 172 valence electrons. The summed E-state index contributed by atoms with van der Waals surface area (Å²) in [6, 6.07) is 1.44. The van der Waals surface area contributed by atoms with Gasteiger partial charge >= 0.3 is 14.0 Å². The van der Waals surface area contributed by atoms with Crippen LogP contribution in [0.3, 0.4) is 0 Å². The van der Waals surface area contributed by atoms with Crippen molar-refractivity contribution in [3.8, 4) is 22.9 Å². The van der Waals surface area contributed by atoms with E-state index in [2.05, 4.69) is 29.6 Å². The Morgan fingerprint density at radius 2 is 2.00 bits per heavy atom. The zero-order valence-corrected chi connectivity index (χ0v) is 17.5. The highest BCUT2D eigenvalue weighted by Crippen LogP contribution is 2.38. The van der Waals surface area contributed by atoms with E-state index in [4.69, 9.17) is 9.79 Å². The Morgan fingerprint density at radius 1 is 1.28 bits per heavy atom. The van der Waals surface area contributed by atoms with Crippen LogP contribution in [0, 0.1) is 12.7 Å². The van der Waals surface area contributed by atoms with E-state index in [1.54, 1.807) is 0 Å². The van der Waals surface area contributed by atoms with Gasteiger partial charge in [0, 0.05) is 6.20 Å². The number of rotatable bonds is 5. The van der Waals surface area contributed by atoms with Crippen LogP contribution in [0.5, 0.6) is 0 Å². The Kier molecular flexibility index (Phi) is 6.14. The number of phosphoric ester groups is 1. The van der Waals surface area contributed by atoms with Crippen molar-refractivity contribution in [3.63, 3.8) is 0 Å². The maximum atomic E-state index is 14.7. The molecule has 0 spiro atoms. The first-order valence-electron chi connectivity index (χ1n) is 8.34. The molecule has 11 nitrogen and oxygen atoms in total. The topological polar surface area (TPSA) is 143 Å². The minimum atomic E-state index is -5.05. The van der Waals surface area contributed by atoms with Gasteiger partial charge in [-0.3, -0.25) is 8.92 Å². The summed E-state index contributed by atoms with van der Waals surface area (Å²) in [5.41, 5.74) is 0.155. The van der Waals surface area contributed by atoms with Gasteiger partial charge in [-0.15, -0.1) is 17.5 Å². The van der Waals surface area contributed by atoms with Gasteiger partial charge in [0.15, 0.2) is 24.0 Å². The molecule has 0 aliphatic heterocycles. The smallest absolute Gasteiger partial charge is 0.343 e. The zero-order chi connectivity index (χ0) is 22.6. The van der Waals surface area contributed by atoms with Gasteiger partial charge in [-0.25, -0.2) is 28.6 Å². The molecule has 3 N–H and O–H groups in total. The van der Waals surface area contributed by atoms with Crippen LogP contribution < -0.4 is 0 Å². The minimum Gasteiger partial charge on any atom is -0.343 e. The molecule has 0 aromatic carbocycles. The first-order valence-corrected chi connectivity index (χ1v) is 9.87. The minimum absolute atomic E-state index is 0. The number of H-pyrrole nitrogens is 1. The third kappa shape index (κ3) is 4.38. The molecule has 0 aliphatic rings. The van der Waals surface area contributed by atoms with E-state index in [1.165, 1.54) is 36.1 Å². The molecule has 0 radical (unpaired) electrons. The third-order valence-electron chi connectivity index (χ3n) is 4.17. The molecule has 0 saturated carbocycles. The van der Waals surface area contributed by atoms with Crippen molar-refractivity contribution in [3.05, 3.63) is 42.0 Å². The molecule has 32 heavy (non-hydrogen) atoms. The monoisotopic (exact) mass is 497 g/mol. The van der Waals surface area contributed by atoms with Crippen LogP contribution in [0.4, 0.5) is 17.6 Å². The van der Waals surface area contributed by atoms with Gasteiger partial charge in [0.2, 0.25) is 0 Å². The molecule has 0 aliphatic carbocycles. The Labute approximate surface area is 181 Å². The van der Waals surface area contributed by atoms with Crippen molar-refractivity contribution in [1.29, 1.82) is 0 Å². The van der Waals surface area contributed by atoms with E-state index in [-0.39, 0.29) is 40.7 Å². The number of pyridine rings is 1. The second-order valence-electron chi connectivity index (χ2n) is 6.29. The van der Waals surface area contributed by atoms with Crippen LogP contribution in [0.15, 0.2) is 24.8 Å². The van der Waals surface area contributed by atoms with Gasteiger partial charge in [-0.2, -0.15) is 13.2 Å². The van der Waals surface area contributed by atoms with Crippen molar-refractivity contribution in [2.75, 3.05) is 0 Å². The molecule has 4 aromatic heterocycles. The standard InChI is InChI=1S/C15H12F4N7O4P.ClH/c1-7-2-3-25-11(8-4-20-5-21-8)10(22-12(25)9(7)16)13-23-14(15(17,18)19)24-26(13)6-30-31(27,28)29;/h2-5H,6H2,1H3,(H,20,21)(H2,27,28,29);1H. The number of hydrogen-bond donors (Lipinski definition) is 3. The Balaban J connectivity index is 0.00000289. The van der Waals surface area contributed by atoms with Crippen molar-refractivity contribution in [2.45, 2.75) is 19.8 Å². The highest BCUT2D eigenvalue weighted by Gasteiger charge is 2.38. The van der Waals surface area contributed by atoms with E-state index in [0.717, 1.165) is 0 Å². The SMILES string of the molecule is Cc1ccn2c(-c3cnc[nH]3)c(-c3nc(C(F)(F)F)nn3COP(=O)(O)O)nc2c1F.Cl. The molecular formula is C15H13ClF4N7O4P. The van der Waals surface area contributed by atoms with Gasteiger partial charge in [-0.1, -0.05) is 0 Å². The Bertz CT molecular complexity index is 1320. The summed E-state index contributed by atoms with van der Waals surface area (Å²) in [6.45, 7) is 0.415. The fourth-order valence-electron chi connectivity index (χ4n) is 2.82. The molecule has 0 unspecified atom stereocenters. The number of hydrogen-bond acceptors (Lipinski definition) is 6. The molecule has 4 rings (SSSR count). The lowest BCUT2D eigenvalue weighted by Gasteiger charge is -2.07. The van der Waals surface area contributed by atoms with Crippen LogP contribution in [0.1, 0.15) is 11.4 Å². The van der Waals surface area contributed by atoms with Crippen LogP contribution in [0.25, 0.3) is 28.6 Å². The maximum Gasteiger partial charge on any atom is 0.471 e. The average molecular weight is 498 g/mol. The third-order valence-corrected chi connectivity index (χ3v) is 4.62. The molecule has 0 bridgehead atoms.